The lowest BCUT2D eigenvalue weighted by Crippen LogP contribution is -2.01. The van der Waals surface area contributed by atoms with E-state index in [-0.39, 0.29) is 0 Å². The quantitative estimate of drug-likeness (QED) is 0.230. The molecule has 0 aliphatic heterocycles. The number of hydrogen-bond acceptors (Lipinski definition) is 4. The number of benzene rings is 2. The molecule has 0 saturated carbocycles. The first kappa shape index (κ1) is 27.0. The Morgan fingerprint density at radius 1 is 0.667 bits per heavy atom. The van der Waals surface area contributed by atoms with Crippen LogP contribution < -0.4 is 0 Å². The summed E-state index contributed by atoms with van der Waals surface area (Å²) in [6.45, 7) is 12.2. The van der Waals surface area contributed by atoms with Crippen molar-refractivity contribution in [2.75, 3.05) is 40.6 Å². The van der Waals surface area contributed by atoms with Gasteiger partial charge in [-0.05, 0) is 77.6 Å². The Morgan fingerprint density at radius 3 is 2.03 bits per heavy atom. The van der Waals surface area contributed by atoms with Crippen LogP contribution in [0.1, 0.15) is 54.4 Å². The number of ether oxygens (including phenoxy) is 4. The molecule has 0 N–H and O–H groups in total. The van der Waals surface area contributed by atoms with Crippen molar-refractivity contribution < 1.29 is 18.9 Å². The molecule has 0 atom stereocenters. The highest BCUT2D eigenvalue weighted by Crippen LogP contribution is 2.31. The summed E-state index contributed by atoms with van der Waals surface area (Å²) in [4.78, 5) is 0. The Bertz CT molecular complexity index is 844. The fourth-order valence-electron chi connectivity index (χ4n) is 3.65. The van der Waals surface area contributed by atoms with Crippen molar-refractivity contribution in [3.05, 3.63) is 71.8 Å². The van der Waals surface area contributed by atoms with E-state index in [1.807, 2.05) is 12.2 Å². The van der Waals surface area contributed by atoms with Crippen molar-refractivity contribution in [3.63, 3.8) is 0 Å². The molecule has 0 radical (unpaired) electrons. The Labute approximate surface area is 200 Å². The van der Waals surface area contributed by atoms with Gasteiger partial charge in [0.1, 0.15) is 0 Å². The van der Waals surface area contributed by atoms with E-state index in [0.717, 1.165) is 91.9 Å². The molecule has 0 saturated heterocycles. The van der Waals surface area contributed by atoms with Crippen molar-refractivity contribution in [1.82, 2.24) is 0 Å². The SMILES string of the molecule is C=Cc1ccc(COCCCCOC)c(-c2cc(COCCCCCOC)ccc2C=C)c1. The normalized spacial score (nSPS) is 11.0. The van der Waals surface area contributed by atoms with E-state index < -0.39 is 0 Å². The van der Waals surface area contributed by atoms with Crippen LogP contribution in [-0.4, -0.2) is 40.6 Å². The zero-order valence-corrected chi connectivity index (χ0v) is 20.4. The van der Waals surface area contributed by atoms with Gasteiger partial charge in [0.15, 0.2) is 0 Å². The first-order chi connectivity index (χ1) is 16.2. The predicted molar refractivity (Wildman–Crippen MR) is 138 cm³/mol. The van der Waals surface area contributed by atoms with Gasteiger partial charge in [-0.3, -0.25) is 0 Å². The molecule has 0 aromatic heterocycles. The third-order valence-corrected chi connectivity index (χ3v) is 5.55. The minimum atomic E-state index is 0.568. The highest BCUT2D eigenvalue weighted by Gasteiger charge is 2.11. The van der Waals surface area contributed by atoms with Gasteiger partial charge in [0.05, 0.1) is 13.2 Å². The van der Waals surface area contributed by atoms with Crippen LogP contribution in [0.2, 0.25) is 0 Å². The lowest BCUT2D eigenvalue weighted by molar-refractivity contribution is 0.108. The Balaban J connectivity index is 2.11. The van der Waals surface area contributed by atoms with Crippen molar-refractivity contribution in [3.8, 4) is 11.1 Å². The summed E-state index contributed by atoms with van der Waals surface area (Å²) in [6, 6.07) is 12.9. The van der Waals surface area contributed by atoms with Gasteiger partial charge in [0.25, 0.3) is 0 Å². The van der Waals surface area contributed by atoms with Crippen LogP contribution in [0.15, 0.2) is 49.6 Å². The number of rotatable bonds is 18. The Morgan fingerprint density at radius 2 is 1.33 bits per heavy atom. The van der Waals surface area contributed by atoms with Gasteiger partial charge in [-0.15, -0.1) is 0 Å². The van der Waals surface area contributed by atoms with E-state index in [2.05, 4.69) is 49.6 Å². The van der Waals surface area contributed by atoms with Crippen LogP contribution in [0.25, 0.3) is 23.3 Å². The van der Waals surface area contributed by atoms with Gasteiger partial charge in [-0.25, -0.2) is 0 Å². The van der Waals surface area contributed by atoms with E-state index in [1.165, 1.54) is 0 Å². The number of unbranched alkanes of at least 4 members (excludes halogenated alkanes) is 3. The molecule has 4 nitrogen and oxygen atoms in total. The lowest BCUT2D eigenvalue weighted by atomic mass is 9.92. The molecule has 180 valence electrons. The molecule has 0 amide bonds. The fraction of sp³-hybridized carbons (Fsp3) is 0.448. The summed E-state index contributed by atoms with van der Waals surface area (Å²) >= 11 is 0. The topological polar surface area (TPSA) is 36.9 Å². The zero-order valence-electron chi connectivity index (χ0n) is 20.4. The van der Waals surface area contributed by atoms with Crippen LogP contribution in [0.3, 0.4) is 0 Å². The van der Waals surface area contributed by atoms with Gasteiger partial charge in [0, 0.05) is 40.6 Å². The van der Waals surface area contributed by atoms with E-state index in [0.29, 0.717) is 13.2 Å². The molecule has 4 heteroatoms. The summed E-state index contributed by atoms with van der Waals surface area (Å²) in [5.41, 5.74) is 6.80. The molecule has 2 aromatic carbocycles. The predicted octanol–water partition coefficient (Wildman–Crippen LogP) is 6.92. The molecule has 33 heavy (non-hydrogen) atoms. The second-order valence-corrected chi connectivity index (χ2v) is 8.10. The summed E-state index contributed by atoms with van der Waals surface area (Å²) < 4.78 is 22.1. The minimum Gasteiger partial charge on any atom is -0.385 e. The molecule has 0 aliphatic carbocycles. The second kappa shape index (κ2) is 16.4. The van der Waals surface area contributed by atoms with Crippen LogP contribution >= 0.6 is 0 Å². The van der Waals surface area contributed by atoms with Crippen LogP contribution in [-0.2, 0) is 32.2 Å². The summed E-state index contributed by atoms with van der Waals surface area (Å²) in [7, 11) is 3.47. The summed E-state index contributed by atoms with van der Waals surface area (Å²) in [5, 5.41) is 0. The zero-order chi connectivity index (χ0) is 23.7. The summed E-state index contributed by atoms with van der Waals surface area (Å²) in [6.07, 6.45) is 9.04. The fourth-order valence-corrected chi connectivity index (χ4v) is 3.65. The van der Waals surface area contributed by atoms with Gasteiger partial charge in [-0.2, -0.15) is 0 Å². The average molecular weight is 453 g/mol. The average Bonchev–Trinajstić information content (AvgIpc) is 2.85. The van der Waals surface area contributed by atoms with Crippen molar-refractivity contribution in [1.29, 1.82) is 0 Å². The smallest absolute Gasteiger partial charge is 0.0722 e. The largest absolute Gasteiger partial charge is 0.385 e. The first-order valence-corrected chi connectivity index (χ1v) is 11.9. The first-order valence-electron chi connectivity index (χ1n) is 11.9. The third-order valence-electron chi connectivity index (χ3n) is 5.55. The number of hydrogen-bond donors (Lipinski definition) is 0. The van der Waals surface area contributed by atoms with Crippen molar-refractivity contribution in [2.24, 2.45) is 0 Å². The maximum atomic E-state index is 5.98. The third kappa shape index (κ3) is 9.65. The number of methoxy groups -OCH3 is 2. The van der Waals surface area contributed by atoms with Gasteiger partial charge < -0.3 is 18.9 Å². The molecule has 0 bridgehead atoms. The van der Waals surface area contributed by atoms with Crippen LogP contribution in [0.5, 0.6) is 0 Å². The molecular formula is C29H40O4. The standard InChI is InChI=1S/C29H40O4/c1-5-24-12-15-27(23-33-19-11-10-17-31-4)29(20-24)28-21-25(13-14-26(28)6-2)22-32-18-9-7-8-16-30-3/h5-6,12-15,20-21H,1-2,7-11,16-19,22-23H2,3-4H3. The van der Waals surface area contributed by atoms with Crippen molar-refractivity contribution in [2.45, 2.75) is 45.3 Å². The highest BCUT2D eigenvalue weighted by molar-refractivity contribution is 5.79. The van der Waals surface area contributed by atoms with Gasteiger partial charge in [-0.1, -0.05) is 49.6 Å². The Hall–Kier alpha value is -2.24. The minimum absolute atomic E-state index is 0.568. The van der Waals surface area contributed by atoms with Crippen LogP contribution in [0.4, 0.5) is 0 Å². The maximum absolute atomic E-state index is 5.98. The maximum Gasteiger partial charge on any atom is 0.0722 e. The van der Waals surface area contributed by atoms with E-state index in [4.69, 9.17) is 18.9 Å². The van der Waals surface area contributed by atoms with Crippen molar-refractivity contribution >= 4 is 12.2 Å². The van der Waals surface area contributed by atoms with E-state index >= 15 is 0 Å². The molecule has 0 unspecified atom stereocenters. The molecule has 0 aliphatic rings. The molecule has 0 heterocycles. The molecule has 2 rings (SSSR count). The van der Waals surface area contributed by atoms with Gasteiger partial charge in [0.2, 0.25) is 0 Å². The highest BCUT2D eigenvalue weighted by atomic mass is 16.5. The Kier molecular flexibility index (Phi) is 13.4. The van der Waals surface area contributed by atoms with E-state index in [9.17, 15) is 0 Å². The molecular weight excluding hydrogens is 412 g/mol. The van der Waals surface area contributed by atoms with Crippen LogP contribution in [0, 0.1) is 0 Å². The molecule has 0 fully saturated rings. The summed E-state index contributed by atoms with van der Waals surface area (Å²) in [5.74, 6) is 0. The lowest BCUT2D eigenvalue weighted by Gasteiger charge is -2.16. The van der Waals surface area contributed by atoms with E-state index in [1.54, 1.807) is 14.2 Å². The monoisotopic (exact) mass is 452 g/mol. The van der Waals surface area contributed by atoms with Gasteiger partial charge >= 0.3 is 0 Å². The molecule has 2 aromatic rings. The second-order valence-electron chi connectivity index (χ2n) is 8.10. The molecule has 0 spiro atoms.